The number of amides is 1. The smallest absolute Gasteiger partial charge is 0.255 e. The highest BCUT2D eigenvalue weighted by Crippen LogP contribution is 2.18. The van der Waals surface area contributed by atoms with Crippen molar-refractivity contribution in [3.63, 3.8) is 0 Å². The first-order chi connectivity index (χ1) is 12.7. The van der Waals surface area contributed by atoms with Crippen LogP contribution >= 0.6 is 0 Å². The number of likely N-dealkylation sites (N-methyl/N-ethyl adjacent to an activating group) is 1. The fourth-order valence-corrected chi connectivity index (χ4v) is 2.78. The van der Waals surface area contributed by atoms with Crippen LogP contribution in [0, 0.1) is 0 Å². The van der Waals surface area contributed by atoms with Gasteiger partial charge in [-0.3, -0.25) is 4.79 Å². The number of pyridine rings is 1. The lowest BCUT2D eigenvalue weighted by Gasteiger charge is -2.33. The summed E-state index contributed by atoms with van der Waals surface area (Å²) in [6.07, 6.45) is 1.69. The minimum absolute atomic E-state index is 0.154. The SMILES string of the molecule is CN1CCN(c2cc(C(=O)Nc3ccc(OCCN)cc3)ccn2)CC1. The summed E-state index contributed by atoms with van der Waals surface area (Å²) in [7, 11) is 2.11. The van der Waals surface area contributed by atoms with E-state index in [2.05, 4.69) is 27.1 Å². The maximum atomic E-state index is 12.5. The first-order valence-corrected chi connectivity index (χ1v) is 8.79. The highest BCUT2D eigenvalue weighted by atomic mass is 16.5. The molecule has 2 aromatic rings. The second-order valence-electron chi connectivity index (χ2n) is 6.31. The Kier molecular flexibility index (Phi) is 6.04. The molecule has 1 aliphatic heterocycles. The second kappa shape index (κ2) is 8.64. The molecule has 7 nitrogen and oxygen atoms in total. The summed E-state index contributed by atoms with van der Waals surface area (Å²) in [4.78, 5) is 21.5. The summed E-state index contributed by atoms with van der Waals surface area (Å²) in [6, 6.07) is 10.8. The van der Waals surface area contributed by atoms with Crippen molar-refractivity contribution in [1.82, 2.24) is 9.88 Å². The summed E-state index contributed by atoms with van der Waals surface area (Å²) in [5.41, 5.74) is 6.73. The number of piperazine rings is 1. The molecule has 0 atom stereocenters. The monoisotopic (exact) mass is 355 g/mol. The fraction of sp³-hybridized carbons (Fsp3) is 0.368. The van der Waals surface area contributed by atoms with Gasteiger partial charge in [0.15, 0.2) is 0 Å². The molecule has 1 amide bonds. The molecule has 7 heteroatoms. The standard InChI is InChI=1S/C19H25N5O2/c1-23-9-11-24(12-10-23)18-14-15(6-8-21-18)19(25)22-16-2-4-17(5-3-16)26-13-7-20/h2-6,8,14H,7,9-13,20H2,1H3,(H,22,25). The van der Waals surface area contributed by atoms with Crippen LogP contribution in [-0.2, 0) is 0 Å². The zero-order valence-electron chi connectivity index (χ0n) is 15.0. The van der Waals surface area contributed by atoms with E-state index in [1.165, 1.54) is 0 Å². The number of hydrogen-bond acceptors (Lipinski definition) is 6. The van der Waals surface area contributed by atoms with Gasteiger partial charge in [-0.15, -0.1) is 0 Å². The molecule has 3 N–H and O–H groups in total. The number of nitrogens with zero attached hydrogens (tertiary/aromatic N) is 3. The Morgan fingerprint density at radius 2 is 1.92 bits per heavy atom. The van der Waals surface area contributed by atoms with E-state index >= 15 is 0 Å². The molecule has 3 rings (SSSR count). The highest BCUT2D eigenvalue weighted by molar-refractivity contribution is 6.04. The van der Waals surface area contributed by atoms with Gasteiger partial charge in [0.2, 0.25) is 0 Å². The number of anilines is 2. The Balaban J connectivity index is 1.63. The van der Waals surface area contributed by atoms with Crippen molar-refractivity contribution in [1.29, 1.82) is 0 Å². The van der Waals surface area contributed by atoms with E-state index < -0.39 is 0 Å². The van der Waals surface area contributed by atoms with E-state index in [1.54, 1.807) is 12.3 Å². The highest BCUT2D eigenvalue weighted by Gasteiger charge is 2.16. The van der Waals surface area contributed by atoms with Crippen molar-refractivity contribution in [2.75, 3.05) is 56.6 Å². The number of nitrogens with two attached hydrogens (primary N) is 1. The van der Waals surface area contributed by atoms with Crippen LogP contribution in [0.25, 0.3) is 0 Å². The Morgan fingerprint density at radius 3 is 2.62 bits per heavy atom. The molecule has 1 aliphatic rings. The fourth-order valence-electron chi connectivity index (χ4n) is 2.78. The van der Waals surface area contributed by atoms with Gasteiger partial charge in [-0.25, -0.2) is 4.98 Å². The molecule has 0 bridgehead atoms. The van der Waals surface area contributed by atoms with Gasteiger partial charge in [-0.05, 0) is 43.4 Å². The van der Waals surface area contributed by atoms with E-state index in [4.69, 9.17) is 10.5 Å². The Bertz CT molecular complexity index is 727. The van der Waals surface area contributed by atoms with Crippen molar-refractivity contribution in [2.24, 2.45) is 5.73 Å². The number of nitrogens with one attached hydrogen (secondary N) is 1. The van der Waals surface area contributed by atoms with Crippen LogP contribution < -0.4 is 20.7 Å². The lowest BCUT2D eigenvalue weighted by atomic mass is 10.2. The van der Waals surface area contributed by atoms with Crippen LogP contribution in [0.15, 0.2) is 42.6 Å². The number of ether oxygens (including phenoxy) is 1. The molecule has 1 saturated heterocycles. The molecule has 0 saturated carbocycles. The van der Waals surface area contributed by atoms with Crippen molar-refractivity contribution in [3.8, 4) is 5.75 Å². The summed E-state index contributed by atoms with van der Waals surface area (Å²) in [5.74, 6) is 1.42. The number of carbonyl (C=O) groups excluding carboxylic acids is 1. The molecular formula is C19H25N5O2. The predicted molar refractivity (Wildman–Crippen MR) is 103 cm³/mol. The van der Waals surface area contributed by atoms with Crippen LogP contribution in [0.5, 0.6) is 5.75 Å². The van der Waals surface area contributed by atoms with E-state index in [1.807, 2.05) is 30.3 Å². The minimum Gasteiger partial charge on any atom is -0.492 e. The van der Waals surface area contributed by atoms with E-state index in [0.29, 0.717) is 24.4 Å². The number of hydrogen-bond donors (Lipinski definition) is 2. The van der Waals surface area contributed by atoms with Gasteiger partial charge in [-0.1, -0.05) is 0 Å². The molecule has 0 aliphatic carbocycles. The van der Waals surface area contributed by atoms with Gasteiger partial charge in [-0.2, -0.15) is 0 Å². The minimum atomic E-state index is -0.154. The van der Waals surface area contributed by atoms with Crippen LogP contribution in [0.3, 0.4) is 0 Å². The predicted octanol–water partition coefficient (Wildman–Crippen LogP) is 1.42. The quantitative estimate of drug-likeness (QED) is 0.815. The molecule has 26 heavy (non-hydrogen) atoms. The van der Waals surface area contributed by atoms with Gasteiger partial charge < -0.3 is 25.6 Å². The third kappa shape index (κ3) is 4.71. The summed E-state index contributed by atoms with van der Waals surface area (Å²) in [6.45, 7) is 4.76. The Labute approximate surface area is 153 Å². The van der Waals surface area contributed by atoms with Crippen molar-refractivity contribution in [2.45, 2.75) is 0 Å². The number of carbonyl (C=O) groups is 1. The van der Waals surface area contributed by atoms with Gasteiger partial charge in [0.1, 0.15) is 18.2 Å². The molecular weight excluding hydrogens is 330 g/mol. The van der Waals surface area contributed by atoms with E-state index in [9.17, 15) is 4.79 Å². The lowest BCUT2D eigenvalue weighted by Crippen LogP contribution is -2.44. The lowest BCUT2D eigenvalue weighted by molar-refractivity contribution is 0.102. The summed E-state index contributed by atoms with van der Waals surface area (Å²) in [5, 5.41) is 2.91. The van der Waals surface area contributed by atoms with Gasteiger partial charge in [0, 0.05) is 50.2 Å². The van der Waals surface area contributed by atoms with Crippen molar-refractivity contribution < 1.29 is 9.53 Å². The maximum absolute atomic E-state index is 12.5. The largest absolute Gasteiger partial charge is 0.492 e. The van der Waals surface area contributed by atoms with Crippen molar-refractivity contribution >= 4 is 17.4 Å². The summed E-state index contributed by atoms with van der Waals surface area (Å²) >= 11 is 0. The van der Waals surface area contributed by atoms with Gasteiger partial charge in [0.05, 0.1) is 0 Å². The zero-order valence-corrected chi connectivity index (χ0v) is 15.0. The number of benzene rings is 1. The zero-order chi connectivity index (χ0) is 18.4. The summed E-state index contributed by atoms with van der Waals surface area (Å²) < 4.78 is 5.44. The normalized spacial score (nSPS) is 14.9. The average molecular weight is 355 g/mol. The first-order valence-electron chi connectivity index (χ1n) is 8.79. The molecule has 1 fully saturated rings. The first kappa shape index (κ1) is 18.2. The topological polar surface area (TPSA) is 83.7 Å². The van der Waals surface area contributed by atoms with E-state index in [-0.39, 0.29) is 5.91 Å². The van der Waals surface area contributed by atoms with Crippen molar-refractivity contribution in [3.05, 3.63) is 48.2 Å². The van der Waals surface area contributed by atoms with Gasteiger partial charge >= 0.3 is 0 Å². The average Bonchev–Trinajstić information content (AvgIpc) is 2.68. The van der Waals surface area contributed by atoms with Crippen LogP contribution in [0.2, 0.25) is 0 Å². The van der Waals surface area contributed by atoms with Crippen LogP contribution in [0.4, 0.5) is 11.5 Å². The molecule has 138 valence electrons. The third-order valence-electron chi connectivity index (χ3n) is 4.33. The molecule has 1 aromatic heterocycles. The maximum Gasteiger partial charge on any atom is 0.255 e. The second-order valence-corrected chi connectivity index (χ2v) is 6.31. The molecule has 1 aromatic carbocycles. The number of rotatable bonds is 6. The number of aromatic nitrogens is 1. The van der Waals surface area contributed by atoms with Crippen LogP contribution in [0.1, 0.15) is 10.4 Å². The molecule has 0 spiro atoms. The molecule has 0 radical (unpaired) electrons. The molecule has 2 heterocycles. The molecule has 0 unspecified atom stereocenters. The van der Waals surface area contributed by atoms with E-state index in [0.717, 1.165) is 37.7 Å². The Hall–Kier alpha value is -2.64. The Morgan fingerprint density at radius 1 is 1.19 bits per heavy atom. The van der Waals surface area contributed by atoms with Gasteiger partial charge in [0.25, 0.3) is 5.91 Å². The third-order valence-corrected chi connectivity index (χ3v) is 4.33. The van der Waals surface area contributed by atoms with Crippen LogP contribution in [-0.4, -0.2) is 62.2 Å².